The molecule has 142 valence electrons. The molecule has 27 heavy (non-hydrogen) atoms. The Morgan fingerprint density at radius 1 is 1.00 bits per heavy atom. The largest absolute Gasteiger partial charge is 0.460 e. The Hall–Kier alpha value is -2.76. The quantitative estimate of drug-likeness (QED) is 0.545. The van der Waals surface area contributed by atoms with E-state index in [1.54, 1.807) is 4.90 Å². The second-order valence-corrected chi connectivity index (χ2v) is 6.86. The zero-order valence-corrected chi connectivity index (χ0v) is 15.2. The molecule has 6 heteroatoms. The molecule has 1 aromatic carbocycles. The molecule has 1 amide bonds. The lowest BCUT2D eigenvalue weighted by Gasteiger charge is -2.34. The lowest BCUT2D eigenvalue weighted by atomic mass is 9.88. The molecule has 0 fully saturated rings. The van der Waals surface area contributed by atoms with Gasteiger partial charge in [0.2, 0.25) is 5.91 Å². The zero-order chi connectivity index (χ0) is 19.2. The number of hydrogen-bond acceptors (Lipinski definition) is 5. The summed E-state index contributed by atoms with van der Waals surface area (Å²) in [5.74, 6) is -0.773. The summed E-state index contributed by atoms with van der Waals surface area (Å²) in [6.07, 6.45) is 2.55. The van der Waals surface area contributed by atoms with Crippen LogP contribution in [0.3, 0.4) is 0 Å². The third kappa shape index (κ3) is 4.90. The van der Waals surface area contributed by atoms with Gasteiger partial charge in [-0.3, -0.25) is 19.2 Å². The fourth-order valence-electron chi connectivity index (χ4n) is 3.51. The second-order valence-electron chi connectivity index (χ2n) is 6.86. The maximum absolute atomic E-state index is 12.2. The van der Waals surface area contributed by atoms with Gasteiger partial charge in [0.05, 0.1) is 0 Å². The van der Waals surface area contributed by atoms with Crippen molar-refractivity contribution < 1.29 is 23.9 Å². The summed E-state index contributed by atoms with van der Waals surface area (Å²) in [6, 6.07) is 9.25. The third-order valence-electron chi connectivity index (χ3n) is 4.92. The number of ketones is 2. The molecular weight excluding hydrogens is 346 g/mol. The van der Waals surface area contributed by atoms with Crippen LogP contribution in [0.1, 0.15) is 50.5 Å². The van der Waals surface area contributed by atoms with Crippen molar-refractivity contribution in [2.45, 2.75) is 51.6 Å². The first-order valence-corrected chi connectivity index (χ1v) is 9.31. The molecule has 0 bridgehead atoms. The Labute approximate surface area is 158 Å². The first kappa shape index (κ1) is 19.0. The van der Waals surface area contributed by atoms with E-state index in [0.29, 0.717) is 25.7 Å². The monoisotopic (exact) mass is 369 g/mol. The van der Waals surface area contributed by atoms with Gasteiger partial charge in [0.25, 0.3) is 0 Å². The third-order valence-corrected chi connectivity index (χ3v) is 4.92. The van der Waals surface area contributed by atoms with Crippen molar-refractivity contribution in [3.8, 4) is 0 Å². The molecule has 0 N–H and O–H groups in total. The minimum absolute atomic E-state index is 0.0529. The van der Waals surface area contributed by atoms with Crippen LogP contribution < -0.4 is 0 Å². The normalized spacial score (nSPS) is 17.0. The number of hydrogen-bond donors (Lipinski definition) is 0. The van der Waals surface area contributed by atoms with E-state index in [1.165, 1.54) is 0 Å². The van der Waals surface area contributed by atoms with Gasteiger partial charge in [0.15, 0.2) is 5.78 Å². The molecule has 3 rings (SSSR count). The van der Waals surface area contributed by atoms with Crippen molar-refractivity contribution in [1.82, 2.24) is 4.90 Å². The van der Waals surface area contributed by atoms with E-state index in [0.717, 1.165) is 23.3 Å². The Morgan fingerprint density at radius 2 is 1.78 bits per heavy atom. The predicted molar refractivity (Wildman–Crippen MR) is 97.3 cm³/mol. The van der Waals surface area contributed by atoms with Crippen LogP contribution in [0.25, 0.3) is 0 Å². The van der Waals surface area contributed by atoms with Crippen molar-refractivity contribution in [2.24, 2.45) is 0 Å². The van der Waals surface area contributed by atoms with Gasteiger partial charge in [-0.15, -0.1) is 0 Å². The summed E-state index contributed by atoms with van der Waals surface area (Å²) in [5.41, 5.74) is 2.39. The number of carbonyl (C=O) groups is 4. The van der Waals surface area contributed by atoms with Gasteiger partial charge in [0, 0.05) is 37.1 Å². The number of carbonyl (C=O) groups excluding carboxylic acids is 4. The SMILES string of the molecule is O=C(CCN1C(=O)CCC2=C1CCCC2=O)CC(=O)OCc1ccccc1. The Balaban J connectivity index is 1.49. The van der Waals surface area contributed by atoms with E-state index in [2.05, 4.69) is 0 Å². The molecule has 0 spiro atoms. The van der Waals surface area contributed by atoms with Crippen molar-refractivity contribution in [3.63, 3.8) is 0 Å². The average molecular weight is 369 g/mol. The summed E-state index contributed by atoms with van der Waals surface area (Å²) < 4.78 is 5.12. The number of amides is 1. The van der Waals surface area contributed by atoms with Gasteiger partial charge >= 0.3 is 5.97 Å². The zero-order valence-electron chi connectivity index (χ0n) is 15.2. The fraction of sp³-hybridized carbons (Fsp3) is 0.429. The topological polar surface area (TPSA) is 80.8 Å². The van der Waals surface area contributed by atoms with Crippen molar-refractivity contribution in [3.05, 3.63) is 47.2 Å². The van der Waals surface area contributed by atoms with Crippen LogP contribution >= 0.6 is 0 Å². The smallest absolute Gasteiger partial charge is 0.313 e. The molecule has 0 radical (unpaired) electrons. The molecule has 0 saturated carbocycles. The van der Waals surface area contributed by atoms with Crippen molar-refractivity contribution in [1.29, 1.82) is 0 Å². The Kier molecular flexibility index (Phi) is 6.16. The van der Waals surface area contributed by atoms with E-state index in [-0.39, 0.29) is 43.5 Å². The Bertz CT molecular complexity index is 781. The number of allylic oxidation sites excluding steroid dienone is 2. The minimum atomic E-state index is -0.568. The second kappa shape index (κ2) is 8.75. The summed E-state index contributed by atoms with van der Waals surface area (Å²) in [6.45, 7) is 0.353. The number of nitrogens with zero attached hydrogens (tertiary/aromatic N) is 1. The molecule has 0 saturated heterocycles. The molecule has 0 aromatic heterocycles. The molecule has 0 atom stereocenters. The standard InChI is InChI=1S/C21H23NO5/c23-16(13-21(26)27-14-15-5-2-1-3-6-15)11-12-22-18-7-4-8-19(24)17(18)9-10-20(22)25/h1-3,5-6H,4,7-14H2. The molecule has 0 unspecified atom stereocenters. The highest BCUT2D eigenvalue weighted by molar-refractivity contribution is 6.00. The number of benzene rings is 1. The molecule has 1 aromatic rings. The minimum Gasteiger partial charge on any atom is -0.460 e. The maximum Gasteiger partial charge on any atom is 0.313 e. The summed E-state index contributed by atoms with van der Waals surface area (Å²) in [4.78, 5) is 49.8. The Morgan fingerprint density at radius 3 is 2.56 bits per heavy atom. The van der Waals surface area contributed by atoms with E-state index in [4.69, 9.17) is 4.74 Å². The maximum atomic E-state index is 12.2. The van der Waals surface area contributed by atoms with Gasteiger partial charge in [-0.1, -0.05) is 30.3 Å². The lowest BCUT2D eigenvalue weighted by Crippen LogP contribution is -2.38. The lowest BCUT2D eigenvalue weighted by molar-refractivity contribution is -0.147. The highest BCUT2D eigenvalue weighted by atomic mass is 16.5. The number of rotatable bonds is 7. The van der Waals surface area contributed by atoms with Crippen molar-refractivity contribution in [2.75, 3.05) is 6.54 Å². The molecule has 1 heterocycles. The van der Waals surface area contributed by atoms with E-state index >= 15 is 0 Å². The fourth-order valence-corrected chi connectivity index (χ4v) is 3.51. The van der Waals surface area contributed by atoms with Crippen LogP contribution in [0, 0.1) is 0 Å². The van der Waals surface area contributed by atoms with Gasteiger partial charge in [-0.25, -0.2) is 0 Å². The summed E-state index contributed by atoms with van der Waals surface area (Å²) in [7, 11) is 0. The van der Waals surface area contributed by atoms with Gasteiger partial charge < -0.3 is 9.64 Å². The molecular formula is C21H23NO5. The van der Waals surface area contributed by atoms with Gasteiger partial charge in [0.1, 0.15) is 18.8 Å². The highest BCUT2D eigenvalue weighted by Crippen LogP contribution is 2.32. The number of esters is 1. The van der Waals surface area contributed by atoms with E-state index in [1.807, 2.05) is 30.3 Å². The van der Waals surface area contributed by atoms with Gasteiger partial charge in [-0.2, -0.15) is 0 Å². The van der Waals surface area contributed by atoms with Crippen LogP contribution in [-0.2, 0) is 30.5 Å². The summed E-state index contributed by atoms with van der Waals surface area (Å²) >= 11 is 0. The molecule has 6 nitrogen and oxygen atoms in total. The van der Waals surface area contributed by atoms with Crippen LogP contribution in [0.15, 0.2) is 41.6 Å². The van der Waals surface area contributed by atoms with Crippen LogP contribution in [0.5, 0.6) is 0 Å². The number of ether oxygens (including phenoxy) is 1. The van der Waals surface area contributed by atoms with E-state index < -0.39 is 5.97 Å². The van der Waals surface area contributed by atoms with Crippen LogP contribution in [0.2, 0.25) is 0 Å². The molecule has 1 aliphatic heterocycles. The van der Waals surface area contributed by atoms with Crippen LogP contribution in [0.4, 0.5) is 0 Å². The number of Topliss-reactive ketones (excluding diaryl/α,β-unsaturated/α-hetero) is 2. The van der Waals surface area contributed by atoms with E-state index in [9.17, 15) is 19.2 Å². The average Bonchev–Trinajstić information content (AvgIpc) is 2.66. The van der Waals surface area contributed by atoms with Crippen molar-refractivity contribution >= 4 is 23.4 Å². The highest BCUT2D eigenvalue weighted by Gasteiger charge is 2.32. The first-order chi connectivity index (χ1) is 13.0. The molecule has 1 aliphatic carbocycles. The summed E-state index contributed by atoms with van der Waals surface area (Å²) in [5, 5.41) is 0. The molecule has 2 aliphatic rings. The van der Waals surface area contributed by atoms with Gasteiger partial charge in [-0.05, 0) is 24.8 Å². The van der Waals surface area contributed by atoms with Crippen LogP contribution in [-0.4, -0.2) is 34.9 Å². The first-order valence-electron chi connectivity index (χ1n) is 9.31. The predicted octanol–water partition coefficient (Wildman–Crippen LogP) is 2.71.